The van der Waals surface area contributed by atoms with Crippen LogP contribution < -0.4 is 10.0 Å². The molecule has 0 heterocycles. The molecule has 5 nitrogen and oxygen atoms in total. The first-order valence-corrected chi connectivity index (χ1v) is 12.0. The highest BCUT2D eigenvalue weighted by Gasteiger charge is 2.15. The third kappa shape index (κ3) is 5.87. The van der Waals surface area contributed by atoms with Gasteiger partial charge in [0.05, 0.1) is 10.6 Å². The summed E-state index contributed by atoms with van der Waals surface area (Å²) in [6.45, 7) is 4.36. The van der Waals surface area contributed by atoms with Gasteiger partial charge in [-0.1, -0.05) is 35.9 Å². The largest absolute Gasteiger partial charge is 0.351 e. The van der Waals surface area contributed by atoms with E-state index in [1.807, 2.05) is 0 Å². The van der Waals surface area contributed by atoms with Crippen LogP contribution in [-0.2, 0) is 10.0 Å². The Morgan fingerprint density at radius 1 is 0.933 bits per heavy atom. The van der Waals surface area contributed by atoms with E-state index in [-0.39, 0.29) is 10.8 Å². The molecule has 0 saturated carbocycles. The van der Waals surface area contributed by atoms with Gasteiger partial charge < -0.3 is 5.32 Å². The average Bonchev–Trinajstić information content (AvgIpc) is 2.74. The number of sulfonamides is 1. The van der Waals surface area contributed by atoms with Gasteiger partial charge in [0.25, 0.3) is 15.9 Å². The molecular weight excluding hydrogens is 416 g/mol. The van der Waals surface area contributed by atoms with Crippen molar-refractivity contribution in [3.05, 3.63) is 89.5 Å². The van der Waals surface area contributed by atoms with Crippen LogP contribution in [0.15, 0.2) is 82.6 Å². The van der Waals surface area contributed by atoms with Crippen LogP contribution in [0.2, 0.25) is 0 Å². The van der Waals surface area contributed by atoms with Crippen LogP contribution in [0.3, 0.4) is 0 Å². The van der Waals surface area contributed by atoms with Crippen molar-refractivity contribution in [3.63, 3.8) is 0 Å². The van der Waals surface area contributed by atoms with E-state index in [1.54, 1.807) is 55.1 Å². The van der Waals surface area contributed by atoms with Gasteiger partial charge in [-0.3, -0.25) is 9.52 Å². The van der Waals surface area contributed by atoms with E-state index >= 15 is 0 Å². The van der Waals surface area contributed by atoms with Crippen LogP contribution in [-0.4, -0.2) is 26.6 Å². The Balaban J connectivity index is 1.56. The number of carbonyl (C=O) groups excluding carboxylic acids is 1. The van der Waals surface area contributed by atoms with Gasteiger partial charge in [-0.15, -0.1) is 11.8 Å². The molecule has 0 radical (unpaired) electrons. The van der Waals surface area contributed by atoms with E-state index in [0.29, 0.717) is 23.4 Å². The molecule has 156 valence electrons. The summed E-state index contributed by atoms with van der Waals surface area (Å²) in [6, 6.07) is 21.4. The van der Waals surface area contributed by atoms with Crippen molar-refractivity contribution < 1.29 is 13.2 Å². The molecule has 0 saturated heterocycles. The van der Waals surface area contributed by atoms with Crippen LogP contribution in [0.25, 0.3) is 0 Å². The summed E-state index contributed by atoms with van der Waals surface area (Å²) < 4.78 is 27.6. The summed E-state index contributed by atoms with van der Waals surface area (Å²) in [6.07, 6.45) is 0. The van der Waals surface area contributed by atoms with Gasteiger partial charge in [-0.25, -0.2) is 8.42 Å². The number of benzene rings is 3. The van der Waals surface area contributed by atoms with E-state index in [9.17, 15) is 13.2 Å². The van der Waals surface area contributed by atoms with Crippen LogP contribution in [0.5, 0.6) is 0 Å². The molecule has 3 aromatic carbocycles. The molecule has 0 aliphatic rings. The second-order valence-corrected chi connectivity index (χ2v) is 9.72. The van der Waals surface area contributed by atoms with Crippen molar-refractivity contribution in [2.75, 3.05) is 17.0 Å². The van der Waals surface area contributed by atoms with Gasteiger partial charge in [-0.2, -0.15) is 0 Å². The quantitative estimate of drug-likeness (QED) is 0.396. The molecule has 30 heavy (non-hydrogen) atoms. The second-order valence-electron chi connectivity index (χ2n) is 6.87. The lowest BCUT2D eigenvalue weighted by Gasteiger charge is -2.12. The lowest BCUT2D eigenvalue weighted by molar-refractivity contribution is 0.0956. The molecule has 0 atom stereocenters. The number of hydrogen-bond acceptors (Lipinski definition) is 4. The van der Waals surface area contributed by atoms with Gasteiger partial charge >= 0.3 is 0 Å². The predicted octanol–water partition coefficient (Wildman–Crippen LogP) is 4.63. The molecule has 2 N–H and O–H groups in total. The molecule has 0 unspecified atom stereocenters. The summed E-state index contributed by atoms with van der Waals surface area (Å²) in [5.74, 6) is 0.586. The fraction of sp³-hybridized carbons (Fsp3) is 0.174. The smallest absolute Gasteiger partial charge is 0.261 e. The average molecular weight is 441 g/mol. The Labute approximate surface area is 182 Å². The maximum atomic E-state index is 12.5. The van der Waals surface area contributed by atoms with Crippen LogP contribution >= 0.6 is 11.8 Å². The number of rotatable bonds is 8. The molecular formula is C23H24N2O3S2. The Bertz CT molecular complexity index is 1110. The van der Waals surface area contributed by atoms with Crippen LogP contribution in [0.1, 0.15) is 21.5 Å². The molecule has 7 heteroatoms. The zero-order valence-corrected chi connectivity index (χ0v) is 18.5. The molecule has 0 bridgehead atoms. The highest BCUT2D eigenvalue weighted by Crippen LogP contribution is 2.21. The minimum absolute atomic E-state index is 0.180. The van der Waals surface area contributed by atoms with Crippen molar-refractivity contribution in [1.29, 1.82) is 0 Å². The summed E-state index contributed by atoms with van der Waals surface area (Å²) in [4.78, 5) is 13.8. The van der Waals surface area contributed by atoms with Crippen molar-refractivity contribution >= 4 is 33.4 Å². The molecule has 0 aromatic heterocycles. The van der Waals surface area contributed by atoms with Crippen molar-refractivity contribution in [2.24, 2.45) is 0 Å². The number of carbonyl (C=O) groups is 1. The van der Waals surface area contributed by atoms with Crippen LogP contribution in [0.4, 0.5) is 5.69 Å². The maximum absolute atomic E-state index is 12.5. The van der Waals surface area contributed by atoms with E-state index in [1.165, 1.54) is 22.6 Å². The third-order valence-corrected chi connectivity index (χ3v) is 6.86. The number of thioether (sulfide) groups is 1. The topological polar surface area (TPSA) is 75.3 Å². The lowest BCUT2D eigenvalue weighted by Crippen LogP contribution is -2.25. The summed E-state index contributed by atoms with van der Waals surface area (Å²) in [5, 5.41) is 2.90. The monoisotopic (exact) mass is 440 g/mol. The molecule has 3 aromatic rings. The molecule has 0 aliphatic carbocycles. The standard InChI is InChI=1S/C23H24N2O3S2/c1-17-8-11-20(12-9-17)29-15-14-24-23(26)19-10-13-22(18(2)16-19)25-30(27,28)21-6-4-3-5-7-21/h3-13,16,25H,14-15H2,1-2H3,(H,24,26). The maximum Gasteiger partial charge on any atom is 0.261 e. The fourth-order valence-electron chi connectivity index (χ4n) is 2.79. The zero-order valence-electron chi connectivity index (χ0n) is 16.9. The summed E-state index contributed by atoms with van der Waals surface area (Å²) >= 11 is 1.68. The zero-order chi connectivity index (χ0) is 21.6. The van der Waals surface area contributed by atoms with E-state index < -0.39 is 10.0 Å². The minimum Gasteiger partial charge on any atom is -0.351 e. The van der Waals surface area contributed by atoms with Crippen molar-refractivity contribution in [1.82, 2.24) is 5.32 Å². The van der Waals surface area contributed by atoms with Gasteiger partial charge in [0.2, 0.25) is 0 Å². The van der Waals surface area contributed by atoms with Crippen LogP contribution in [0, 0.1) is 13.8 Å². The predicted molar refractivity (Wildman–Crippen MR) is 123 cm³/mol. The van der Waals surface area contributed by atoms with Crippen molar-refractivity contribution in [3.8, 4) is 0 Å². The molecule has 1 amide bonds. The van der Waals surface area contributed by atoms with Gasteiger partial charge in [0.1, 0.15) is 0 Å². The van der Waals surface area contributed by atoms with Crippen molar-refractivity contribution in [2.45, 2.75) is 23.6 Å². The fourth-order valence-corrected chi connectivity index (χ4v) is 4.71. The minimum atomic E-state index is -3.67. The van der Waals surface area contributed by atoms with E-state index in [2.05, 4.69) is 41.2 Å². The normalized spacial score (nSPS) is 11.1. The first-order chi connectivity index (χ1) is 14.3. The number of aryl methyl sites for hydroxylation is 2. The Morgan fingerprint density at radius 3 is 2.30 bits per heavy atom. The lowest BCUT2D eigenvalue weighted by atomic mass is 10.1. The highest BCUT2D eigenvalue weighted by atomic mass is 32.2. The Hall–Kier alpha value is -2.77. The molecule has 3 rings (SSSR count). The molecule has 0 aliphatic heterocycles. The van der Waals surface area contributed by atoms with Gasteiger partial charge in [0.15, 0.2) is 0 Å². The second kappa shape index (κ2) is 9.82. The van der Waals surface area contributed by atoms with E-state index in [0.717, 1.165) is 5.75 Å². The summed E-state index contributed by atoms with van der Waals surface area (Å²) in [7, 11) is -3.67. The first kappa shape index (κ1) is 21.9. The number of amides is 1. The van der Waals surface area contributed by atoms with E-state index in [4.69, 9.17) is 0 Å². The number of anilines is 1. The third-order valence-electron chi connectivity index (χ3n) is 4.46. The Morgan fingerprint density at radius 2 is 1.63 bits per heavy atom. The van der Waals surface area contributed by atoms with Gasteiger partial charge in [-0.05, 0) is 61.9 Å². The van der Waals surface area contributed by atoms with Gasteiger partial charge in [0, 0.05) is 22.8 Å². The number of hydrogen-bond donors (Lipinski definition) is 2. The summed E-state index contributed by atoms with van der Waals surface area (Å²) in [5.41, 5.74) is 2.84. The Kier molecular flexibility index (Phi) is 7.18. The number of nitrogens with one attached hydrogen (secondary N) is 2. The molecule has 0 spiro atoms. The molecule has 0 fully saturated rings. The SMILES string of the molecule is Cc1ccc(SCCNC(=O)c2ccc(NS(=O)(=O)c3ccccc3)c(C)c2)cc1. The first-order valence-electron chi connectivity index (χ1n) is 9.51. The highest BCUT2D eigenvalue weighted by molar-refractivity contribution is 7.99.